The summed E-state index contributed by atoms with van der Waals surface area (Å²) in [6.45, 7) is 5.10. The fraction of sp³-hybridized carbons (Fsp3) is 0.923. The predicted octanol–water partition coefficient (Wildman–Crippen LogP) is 1.63. The van der Waals surface area contributed by atoms with Crippen molar-refractivity contribution in [1.82, 2.24) is 5.32 Å². The molecule has 0 amide bonds. The quantitative estimate of drug-likeness (QED) is 0.763. The molecule has 3 unspecified atom stereocenters. The molecule has 2 aliphatic rings. The largest absolute Gasteiger partial charge is 0.462 e. The lowest BCUT2D eigenvalue weighted by Gasteiger charge is -2.31. The van der Waals surface area contributed by atoms with E-state index in [1.54, 1.807) is 0 Å². The van der Waals surface area contributed by atoms with Gasteiger partial charge in [0, 0.05) is 18.9 Å². The minimum Gasteiger partial charge on any atom is -0.462 e. The van der Waals surface area contributed by atoms with Crippen LogP contribution in [0.4, 0.5) is 0 Å². The molecular weight excluding hydrogens is 218 g/mol. The van der Waals surface area contributed by atoms with E-state index in [9.17, 15) is 4.79 Å². The second kappa shape index (κ2) is 5.83. The van der Waals surface area contributed by atoms with Crippen molar-refractivity contribution in [2.75, 3.05) is 6.54 Å². The number of esters is 1. The Balaban J connectivity index is 1.73. The molecule has 0 aliphatic carbocycles. The normalized spacial score (nSPS) is 38.0. The summed E-state index contributed by atoms with van der Waals surface area (Å²) in [5.74, 6) is -0.0595. The Morgan fingerprint density at radius 3 is 2.65 bits per heavy atom. The fourth-order valence-electron chi connectivity index (χ4n) is 2.81. The highest BCUT2D eigenvalue weighted by molar-refractivity contribution is 5.70. The van der Waals surface area contributed by atoms with Crippen LogP contribution in [-0.2, 0) is 14.3 Å². The summed E-state index contributed by atoms with van der Waals surface area (Å²) < 4.78 is 11.2. The van der Waals surface area contributed by atoms with E-state index in [1.807, 2.05) is 13.8 Å². The van der Waals surface area contributed by atoms with E-state index < -0.39 is 0 Å². The third-order valence-corrected chi connectivity index (χ3v) is 3.53. The van der Waals surface area contributed by atoms with E-state index in [2.05, 4.69) is 5.32 Å². The van der Waals surface area contributed by atoms with Gasteiger partial charge in [0.15, 0.2) is 0 Å². The van der Waals surface area contributed by atoms with Crippen LogP contribution in [0.15, 0.2) is 0 Å². The molecule has 4 nitrogen and oxygen atoms in total. The van der Waals surface area contributed by atoms with Gasteiger partial charge in [-0.3, -0.25) is 4.79 Å². The molecule has 98 valence electrons. The molecule has 2 saturated heterocycles. The molecule has 2 fully saturated rings. The van der Waals surface area contributed by atoms with Crippen LogP contribution in [0, 0.1) is 0 Å². The number of ether oxygens (including phenoxy) is 2. The Kier molecular flexibility index (Phi) is 4.40. The van der Waals surface area contributed by atoms with Crippen LogP contribution in [0.2, 0.25) is 0 Å². The smallest absolute Gasteiger partial charge is 0.307 e. The third kappa shape index (κ3) is 3.96. The monoisotopic (exact) mass is 241 g/mol. The maximum Gasteiger partial charge on any atom is 0.307 e. The molecule has 0 spiro atoms. The maximum atomic E-state index is 11.8. The van der Waals surface area contributed by atoms with Gasteiger partial charge in [-0.25, -0.2) is 0 Å². The van der Waals surface area contributed by atoms with Crippen LogP contribution in [0.5, 0.6) is 0 Å². The average Bonchev–Trinajstić information content (AvgIpc) is 2.67. The Labute approximate surface area is 103 Å². The summed E-state index contributed by atoms with van der Waals surface area (Å²) in [5.41, 5.74) is 0. The van der Waals surface area contributed by atoms with E-state index in [1.165, 1.54) is 6.42 Å². The molecule has 0 radical (unpaired) electrons. The van der Waals surface area contributed by atoms with Gasteiger partial charge in [0.05, 0.1) is 18.6 Å². The number of carbonyl (C=O) groups excluding carboxylic acids is 1. The fourth-order valence-corrected chi connectivity index (χ4v) is 2.81. The second-order valence-corrected chi connectivity index (χ2v) is 5.34. The highest BCUT2D eigenvalue weighted by atomic mass is 16.6. The summed E-state index contributed by atoms with van der Waals surface area (Å²) in [4.78, 5) is 11.8. The molecule has 0 saturated carbocycles. The summed E-state index contributed by atoms with van der Waals surface area (Å²) >= 11 is 0. The lowest BCUT2D eigenvalue weighted by molar-refractivity contribution is -0.160. The van der Waals surface area contributed by atoms with Gasteiger partial charge in [-0.15, -0.1) is 0 Å². The van der Waals surface area contributed by atoms with Crippen molar-refractivity contribution >= 4 is 5.97 Å². The van der Waals surface area contributed by atoms with Crippen LogP contribution >= 0.6 is 0 Å². The lowest BCUT2D eigenvalue weighted by atomic mass is 10.0. The molecule has 17 heavy (non-hydrogen) atoms. The van der Waals surface area contributed by atoms with E-state index in [0.29, 0.717) is 12.5 Å². The van der Waals surface area contributed by atoms with E-state index in [0.717, 1.165) is 25.8 Å². The molecule has 0 aromatic heterocycles. The van der Waals surface area contributed by atoms with Crippen molar-refractivity contribution in [1.29, 1.82) is 0 Å². The molecule has 2 heterocycles. The average molecular weight is 241 g/mol. The maximum absolute atomic E-state index is 11.8. The first-order valence-corrected chi connectivity index (χ1v) is 6.72. The molecule has 0 aromatic carbocycles. The van der Waals surface area contributed by atoms with Crippen LogP contribution < -0.4 is 5.32 Å². The SMILES string of the molecule is CC1CC(OC(=O)CC2CCCN2)CC(C)O1. The first kappa shape index (κ1) is 12.8. The zero-order valence-electron chi connectivity index (χ0n) is 10.8. The zero-order chi connectivity index (χ0) is 12.3. The van der Waals surface area contributed by atoms with Gasteiger partial charge in [-0.05, 0) is 33.2 Å². The summed E-state index contributed by atoms with van der Waals surface area (Å²) in [6, 6.07) is 0.331. The van der Waals surface area contributed by atoms with Gasteiger partial charge in [0.25, 0.3) is 0 Å². The third-order valence-electron chi connectivity index (χ3n) is 3.53. The van der Waals surface area contributed by atoms with Gasteiger partial charge in [0.2, 0.25) is 0 Å². The van der Waals surface area contributed by atoms with Crippen molar-refractivity contribution < 1.29 is 14.3 Å². The van der Waals surface area contributed by atoms with Gasteiger partial charge >= 0.3 is 5.97 Å². The number of rotatable bonds is 3. The zero-order valence-corrected chi connectivity index (χ0v) is 10.8. The molecule has 0 bridgehead atoms. The van der Waals surface area contributed by atoms with Crippen LogP contribution in [0.1, 0.15) is 46.0 Å². The van der Waals surface area contributed by atoms with Crippen molar-refractivity contribution in [3.8, 4) is 0 Å². The number of hydrogen-bond acceptors (Lipinski definition) is 4. The van der Waals surface area contributed by atoms with Crippen LogP contribution in [-0.4, -0.2) is 36.9 Å². The van der Waals surface area contributed by atoms with Crippen molar-refractivity contribution in [3.63, 3.8) is 0 Å². The molecule has 0 aromatic rings. The minimum absolute atomic E-state index is 0.0441. The van der Waals surface area contributed by atoms with Gasteiger partial charge in [0.1, 0.15) is 6.10 Å². The number of nitrogens with one attached hydrogen (secondary N) is 1. The van der Waals surface area contributed by atoms with E-state index in [4.69, 9.17) is 9.47 Å². The van der Waals surface area contributed by atoms with E-state index >= 15 is 0 Å². The number of hydrogen-bond donors (Lipinski definition) is 1. The van der Waals surface area contributed by atoms with Crippen molar-refractivity contribution in [3.05, 3.63) is 0 Å². The van der Waals surface area contributed by atoms with Gasteiger partial charge < -0.3 is 14.8 Å². The van der Waals surface area contributed by atoms with Crippen LogP contribution in [0.3, 0.4) is 0 Å². The van der Waals surface area contributed by atoms with Crippen LogP contribution in [0.25, 0.3) is 0 Å². The molecule has 2 aliphatic heterocycles. The first-order chi connectivity index (χ1) is 8.13. The van der Waals surface area contributed by atoms with Gasteiger partial charge in [-0.1, -0.05) is 0 Å². The summed E-state index contributed by atoms with van der Waals surface area (Å²) in [5, 5.41) is 3.32. The van der Waals surface area contributed by atoms with Crippen molar-refractivity contribution in [2.24, 2.45) is 0 Å². The topological polar surface area (TPSA) is 47.6 Å². The molecular formula is C13H23NO3. The van der Waals surface area contributed by atoms with Gasteiger partial charge in [-0.2, -0.15) is 0 Å². The Hall–Kier alpha value is -0.610. The standard InChI is InChI=1S/C13H23NO3/c1-9-6-12(7-10(2)16-9)17-13(15)8-11-4-3-5-14-11/h9-12,14H,3-8H2,1-2H3. The predicted molar refractivity (Wildman–Crippen MR) is 64.8 cm³/mol. The number of carbonyl (C=O) groups is 1. The second-order valence-electron chi connectivity index (χ2n) is 5.34. The van der Waals surface area contributed by atoms with E-state index in [-0.39, 0.29) is 24.3 Å². The first-order valence-electron chi connectivity index (χ1n) is 6.72. The summed E-state index contributed by atoms with van der Waals surface area (Å²) in [7, 11) is 0. The molecule has 3 atom stereocenters. The molecule has 4 heteroatoms. The molecule has 2 rings (SSSR count). The Bertz CT molecular complexity index is 253. The highest BCUT2D eigenvalue weighted by Gasteiger charge is 2.28. The Morgan fingerprint density at radius 2 is 2.06 bits per heavy atom. The highest BCUT2D eigenvalue weighted by Crippen LogP contribution is 2.22. The molecule has 1 N–H and O–H groups in total. The summed E-state index contributed by atoms with van der Waals surface area (Å²) in [6.07, 6.45) is 4.87. The lowest BCUT2D eigenvalue weighted by Crippen LogP contribution is -2.36. The van der Waals surface area contributed by atoms with Crippen molar-refractivity contribution in [2.45, 2.75) is 70.3 Å². The minimum atomic E-state index is -0.0595. The Morgan fingerprint density at radius 1 is 1.35 bits per heavy atom.